The van der Waals surface area contributed by atoms with Gasteiger partial charge in [0.1, 0.15) is 0 Å². The van der Waals surface area contributed by atoms with Crippen LogP contribution in [-0.2, 0) is 0 Å². The van der Waals surface area contributed by atoms with Crippen LogP contribution in [0.25, 0.3) is 10.9 Å². The molecule has 0 unspecified atom stereocenters. The van der Waals surface area contributed by atoms with Crippen molar-refractivity contribution < 1.29 is 9.53 Å². The fourth-order valence-electron chi connectivity index (χ4n) is 1.93. The van der Waals surface area contributed by atoms with Crippen molar-refractivity contribution >= 4 is 16.7 Å². The summed E-state index contributed by atoms with van der Waals surface area (Å²) < 4.78 is 5.22. The fraction of sp³-hybridized carbons (Fsp3) is 0.333. The summed E-state index contributed by atoms with van der Waals surface area (Å²) in [6.07, 6.45) is 2.46. The third-order valence-corrected chi connectivity index (χ3v) is 2.94. The Morgan fingerprint density at radius 2 is 2.11 bits per heavy atom. The molecule has 0 saturated carbocycles. The molecule has 0 N–H and O–H groups in total. The first-order valence-electron chi connectivity index (χ1n) is 6.23. The minimum absolute atomic E-state index is 0.104. The highest BCUT2D eigenvalue weighted by molar-refractivity contribution is 6.01. The van der Waals surface area contributed by atoms with E-state index in [0.29, 0.717) is 17.9 Å². The van der Waals surface area contributed by atoms with Gasteiger partial charge in [0.25, 0.3) is 0 Å². The summed E-state index contributed by atoms with van der Waals surface area (Å²) in [4.78, 5) is 16.5. The molecule has 0 bridgehead atoms. The van der Waals surface area contributed by atoms with Gasteiger partial charge in [0, 0.05) is 11.8 Å². The van der Waals surface area contributed by atoms with Gasteiger partial charge >= 0.3 is 0 Å². The molecule has 94 valence electrons. The summed E-state index contributed by atoms with van der Waals surface area (Å²) in [7, 11) is 1.55. The molecule has 0 aliphatic carbocycles. The standard InChI is InChI=1S/C15H17NO2/c1-3-4-9-14(17)12-10-11-7-5-6-8-13(11)16-15(12)18-2/h5-8,10H,3-4,9H2,1-2H3. The second kappa shape index (κ2) is 5.63. The number of pyridine rings is 1. The molecule has 0 spiro atoms. The smallest absolute Gasteiger partial charge is 0.224 e. The molecule has 1 aromatic heterocycles. The summed E-state index contributed by atoms with van der Waals surface area (Å²) >= 11 is 0. The van der Waals surface area contributed by atoms with Crippen LogP contribution in [-0.4, -0.2) is 17.9 Å². The first-order valence-corrected chi connectivity index (χ1v) is 6.23. The second-order valence-corrected chi connectivity index (χ2v) is 4.26. The summed E-state index contributed by atoms with van der Waals surface area (Å²) in [5.74, 6) is 0.529. The number of hydrogen-bond donors (Lipinski definition) is 0. The molecule has 0 atom stereocenters. The Bertz CT molecular complexity index is 563. The molecule has 0 fully saturated rings. The molecule has 0 radical (unpaired) electrons. The van der Waals surface area contributed by atoms with Gasteiger partial charge in [-0.2, -0.15) is 0 Å². The maximum atomic E-state index is 12.1. The molecule has 3 heteroatoms. The van der Waals surface area contributed by atoms with E-state index in [0.717, 1.165) is 23.7 Å². The summed E-state index contributed by atoms with van der Waals surface area (Å²) in [5, 5.41) is 0.971. The molecule has 18 heavy (non-hydrogen) atoms. The maximum absolute atomic E-state index is 12.1. The first-order chi connectivity index (χ1) is 8.76. The molecule has 2 aromatic rings. The van der Waals surface area contributed by atoms with Gasteiger partial charge in [-0.15, -0.1) is 0 Å². The van der Waals surface area contributed by atoms with E-state index in [9.17, 15) is 4.79 Å². The fourth-order valence-corrected chi connectivity index (χ4v) is 1.93. The molecule has 0 amide bonds. The van der Waals surface area contributed by atoms with Crippen molar-refractivity contribution in [3.05, 3.63) is 35.9 Å². The van der Waals surface area contributed by atoms with E-state index in [-0.39, 0.29) is 5.78 Å². The number of ether oxygens (including phenoxy) is 1. The molecule has 3 nitrogen and oxygen atoms in total. The summed E-state index contributed by atoms with van der Waals surface area (Å²) in [6, 6.07) is 9.61. The number of hydrogen-bond acceptors (Lipinski definition) is 3. The van der Waals surface area contributed by atoms with Gasteiger partial charge < -0.3 is 4.74 Å². The number of aromatic nitrogens is 1. The van der Waals surface area contributed by atoms with E-state index < -0.39 is 0 Å². The van der Waals surface area contributed by atoms with Crippen LogP contribution in [0.1, 0.15) is 36.5 Å². The van der Waals surface area contributed by atoms with Crippen LogP contribution >= 0.6 is 0 Å². The third kappa shape index (κ3) is 2.50. The van der Waals surface area contributed by atoms with Crippen molar-refractivity contribution in [2.24, 2.45) is 0 Å². The number of Topliss-reactive ketones (excluding diaryl/α,β-unsaturated/α-hetero) is 1. The van der Waals surface area contributed by atoms with Crippen LogP contribution in [0.15, 0.2) is 30.3 Å². The highest BCUT2D eigenvalue weighted by Gasteiger charge is 2.14. The zero-order valence-electron chi connectivity index (χ0n) is 10.8. The molecule has 1 aromatic carbocycles. The predicted molar refractivity (Wildman–Crippen MR) is 72.2 cm³/mol. The highest BCUT2D eigenvalue weighted by atomic mass is 16.5. The predicted octanol–water partition coefficient (Wildman–Crippen LogP) is 3.62. The van der Waals surface area contributed by atoms with Crippen molar-refractivity contribution in [1.82, 2.24) is 4.98 Å². The van der Waals surface area contributed by atoms with Crippen molar-refractivity contribution in [1.29, 1.82) is 0 Å². The Balaban J connectivity index is 2.44. The Kier molecular flexibility index (Phi) is 3.92. The molecular weight excluding hydrogens is 226 g/mol. The monoisotopic (exact) mass is 243 g/mol. The van der Waals surface area contributed by atoms with Gasteiger partial charge in [0.2, 0.25) is 5.88 Å². The van der Waals surface area contributed by atoms with E-state index in [1.54, 1.807) is 7.11 Å². The van der Waals surface area contributed by atoms with Gasteiger partial charge in [-0.3, -0.25) is 4.79 Å². The Labute approximate surface area is 107 Å². The van der Waals surface area contributed by atoms with Crippen molar-refractivity contribution in [3.8, 4) is 5.88 Å². The SMILES string of the molecule is CCCCC(=O)c1cc2ccccc2nc1OC. The molecular formula is C15H17NO2. The topological polar surface area (TPSA) is 39.2 Å². The Morgan fingerprint density at radius 3 is 2.83 bits per heavy atom. The Morgan fingerprint density at radius 1 is 1.33 bits per heavy atom. The number of methoxy groups -OCH3 is 1. The number of fused-ring (bicyclic) bond motifs is 1. The summed E-state index contributed by atoms with van der Waals surface area (Å²) in [5.41, 5.74) is 1.44. The number of ketones is 1. The van der Waals surface area contributed by atoms with Crippen molar-refractivity contribution in [3.63, 3.8) is 0 Å². The van der Waals surface area contributed by atoms with Gasteiger partial charge in [-0.1, -0.05) is 31.5 Å². The third-order valence-electron chi connectivity index (χ3n) is 2.94. The zero-order chi connectivity index (χ0) is 13.0. The molecule has 1 heterocycles. The maximum Gasteiger partial charge on any atom is 0.224 e. The minimum Gasteiger partial charge on any atom is -0.480 e. The number of rotatable bonds is 5. The second-order valence-electron chi connectivity index (χ2n) is 4.26. The van der Waals surface area contributed by atoms with Crippen LogP contribution in [0.3, 0.4) is 0 Å². The number of unbranched alkanes of at least 4 members (excludes halogenated alkanes) is 1. The lowest BCUT2D eigenvalue weighted by Crippen LogP contribution is -2.04. The normalized spacial score (nSPS) is 10.6. The number of para-hydroxylation sites is 1. The molecule has 0 aliphatic heterocycles. The zero-order valence-corrected chi connectivity index (χ0v) is 10.8. The molecule has 2 rings (SSSR count). The average Bonchev–Trinajstić information content (AvgIpc) is 2.43. The van der Waals surface area contributed by atoms with E-state index in [1.165, 1.54) is 0 Å². The molecule has 0 saturated heterocycles. The number of benzene rings is 1. The quantitative estimate of drug-likeness (QED) is 0.753. The van der Waals surface area contributed by atoms with Gasteiger partial charge in [0.15, 0.2) is 5.78 Å². The van der Waals surface area contributed by atoms with Crippen LogP contribution in [0.5, 0.6) is 5.88 Å². The van der Waals surface area contributed by atoms with Crippen LogP contribution < -0.4 is 4.74 Å². The van der Waals surface area contributed by atoms with Gasteiger partial charge in [0.05, 0.1) is 18.2 Å². The molecule has 0 aliphatic rings. The van der Waals surface area contributed by atoms with Gasteiger partial charge in [-0.25, -0.2) is 4.98 Å². The van der Waals surface area contributed by atoms with E-state index in [4.69, 9.17) is 4.74 Å². The van der Waals surface area contributed by atoms with E-state index in [2.05, 4.69) is 11.9 Å². The van der Waals surface area contributed by atoms with Crippen LogP contribution in [0, 0.1) is 0 Å². The lowest BCUT2D eigenvalue weighted by Gasteiger charge is -2.08. The van der Waals surface area contributed by atoms with Crippen molar-refractivity contribution in [2.75, 3.05) is 7.11 Å². The minimum atomic E-state index is 0.104. The Hall–Kier alpha value is -1.90. The first kappa shape index (κ1) is 12.6. The number of nitrogens with zero attached hydrogens (tertiary/aromatic N) is 1. The largest absolute Gasteiger partial charge is 0.480 e. The number of carbonyl (C=O) groups is 1. The lowest BCUT2D eigenvalue weighted by molar-refractivity contribution is 0.0976. The van der Waals surface area contributed by atoms with E-state index >= 15 is 0 Å². The highest BCUT2D eigenvalue weighted by Crippen LogP contribution is 2.23. The van der Waals surface area contributed by atoms with Crippen LogP contribution in [0.4, 0.5) is 0 Å². The summed E-state index contributed by atoms with van der Waals surface area (Å²) in [6.45, 7) is 2.07. The van der Waals surface area contributed by atoms with Crippen molar-refractivity contribution in [2.45, 2.75) is 26.2 Å². The lowest BCUT2D eigenvalue weighted by atomic mass is 10.0. The van der Waals surface area contributed by atoms with E-state index in [1.807, 2.05) is 30.3 Å². The average molecular weight is 243 g/mol. The number of carbonyl (C=O) groups excluding carboxylic acids is 1. The van der Waals surface area contributed by atoms with Gasteiger partial charge in [-0.05, 0) is 18.6 Å². The van der Waals surface area contributed by atoms with Crippen LogP contribution in [0.2, 0.25) is 0 Å².